The quantitative estimate of drug-likeness (QED) is 0.541. The Morgan fingerprint density at radius 3 is 2.23 bits per heavy atom. The van der Waals surface area contributed by atoms with Crippen LogP contribution in [0.4, 0.5) is 11.4 Å². The fraction of sp³-hybridized carbons (Fsp3) is 0.350. The topological polar surface area (TPSA) is 121 Å². The summed E-state index contributed by atoms with van der Waals surface area (Å²) in [4.78, 5) is 12.8. The summed E-state index contributed by atoms with van der Waals surface area (Å²) in [6, 6.07) is 10.7. The highest BCUT2D eigenvalue weighted by Crippen LogP contribution is 2.24. The monoisotopic (exact) mass is 451 g/mol. The molecule has 0 atom stereocenters. The number of nitrogens with one attached hydrogen (secondary N) is 3. The van der Waals surface area contributed by atoms with E-state index in [2.05, 4.69) is 14.8 Å². The predicted octanol–water partition coefficient (Wildman–Crippen LogP) is 2.84. The molecule has 3 N–H and O–H groups in total. The molecular weight excluding hydrogens is 426 g/mol. The summed E-state index contributed by atoms with van der Waals surface area (Å²) in [5.41, 5.74) is 1.75. The van der Waals surface area contributed by atoms with Gasteiger partial charge in [-0.1, -0.05) is 13.0 Å². The Labute approximate surface area is 177 Å². The Kier molecular flexibility index (Phi) is 6.49. The average molecular weight is 452 g/mol. The molecule has 10 heteroatoms. The summed E-state index contributed by atoms with van der Waals surface area (Å²) in [7, 11) is -7.06. The lowest BCUT2D eigenvalue weighted by molar-refractivity contribution is 0.102. The maximum absolute atomic E-state index is 12.7. The molecule has 0 heterocycles. The summed E-state index contributed by atoms with van der Waals surface area (Å²) in [5, 5.41) is 2.71. The molecule has 1 aliphatic rings. The fourth-order valence-electron chi connectivity index (χ4n) is 2.82. The average Bonchev–Trinajstić information content (AvgIpc) is 3.46. The van der Waals surface area contributed by atoms with Crippen LogP contribution in [0.5, 0.6) is 0 Å². The molecule has 1 aliphatic carbocycles. The zero-order valence-corrected chi connectivity index (χ0v) is 18.4. The van der Waals surface area contributed by atoms with Crippen LogP contribution >= 0.6 is 0 Å². The van der Waals surface area contributed by atoms with Gasteiger partial charge in [-0.15, -0.1) is 0 Å². The van der Waals surface area contributed by atoms with E-state index in [4.69, 9.17) is 0 Å². The number of hydrogen-bond acceptors (Lipinski definition) is 5. The zero-order valence-electron chi connectivity index (χ0n) is 16.8. The first-order valence-electron chi connectivity index (χ1n) is 9.64. The van der Waals surface area contributed by atoms with Crippen molar-refractivity contribution in [1.29, 1.82) is 0 Å². The van der Waals surface area contributed by atoms with Crippen molar-refractivity contribution in [2.24, 2.45) is 0 Å². The number of rotatable bonds is 9. The van der Waals surface area contributed by atoms with Crippen LogP contribution in [0.2, 0.25) is 0 Å². The van der Waals surface area contributed by atoms with Gasteiger partial charge in [-0.05, 0) is 68.1 Å². The van der Waals surface area contributed by atoms with Crippen molar-refractivity contribution in [3.05, 3.63) is 53.6 Å². The number of sulfonamides is 2. The van der Waals surface area contributed by atoms with Gasteiger partial charge in [-0.3, -0.25) is 9.52 Å². The first-order valence-corrected chi connectivity index (χ1v) is 12.8. The smallest absolute Gasteiger partial charge is 0.255 e. The van der Waals surface area contributed by atoms with Crippen molar-refractivity contribution in [3.63, 3.8) is 0 Å². The predicted molar refractivity (Wildman–Crippen MR) is 117 cm³/mol. The molecule has 8 nitrogen and oxygen atoms in total. The summed E-state index contributed by atoms with van der Waals surface area (Å²) >= 11 is 0. The van der Waals surface area contributed by atoms with Crippen LogP contribution in [0.1, 0.15) is 42.1 Å². The molecule has 0 radical (unpaired) electrons. The summed E-state index contributed by atoms with van der Waals surface area (Å²) < 4.78 is 53.6. The number of hydrogen-bond donors (Lipinski definition) is 3. The molecule has 0 aliphatic heterocycles. The van der Waals surface area contributed by atoms with Crippen molar-refractivity contribution in [3.8, 4) is 0 Å². The Balaban J connectivity index is 1.73. The van der Waals surface area contributed by atoms with E-state index in [0.717, 1.165) is 12.8 Å². The van der Waals surface area contributed by atoms with Crippen LogP contribution < -0.4 is 14.8 Å². The van der Waals surface area contributed by atoms with E-state index in [1.807, 2.05) is 0 Å². The lowest BCUT2D eigenvalue weighted by atomic mass is 10.1. The van der Waals surface area contributed by atoms with E-state index in [-0.39, 0.29) is 22.3 Å². The minimum Gasteiger partial charge on any atom is -0.322 e. The zero-order chi connectivity index (χ0) is 21.9. The lowest BCUT2D eigenvalue weighted by Gasteiger charge is -2.12. The second kappa shape index (κ2) is 8.75. The maximum atomic E-state index is 12.7. The number of carbonyl (C=O) groups is 1. The van der Waals surface area contributed by atoms with E-state index in [0.29, 0.717) is 23.4 Å². The molecule has 3 rings (SSSR count). The summed E-state index contributed by atoms with van der Waals surface area (Å²) in [6.07, 6.45) is 2.15. The molecule has 162 valence electrons. The number of benzene rings is 2. The molecule has 1 fully saturated rings. The number of amides is 1. The maximum Gasteiger partial charge on any atom is 0.255 e. The first kappa shape index (κ1) is 22.3. The molecular formula is C20H25N3O5S2. The van der Waals surface area contributed by atoms with Gasteiger partial charge in [0, 0.05) is 23.0 Å². The van der Waals surface area contributed by atoms with Gasteiger partial charge < -0.3 is 5.32 Å². The molecule has 1 saturated carbocycles. The van der Waals surface area contributed by atoms with Crippen molar-refractivity contribution in [2.75, 3.05) is 15.8 Å². The molecule has 0 bridgehead atoms. The standard InChI is InChI=1S/C20H25N3O5S2/c1-3-12-29(25,26)22-16-7-5-15(6-8-16)21-20(24)19-13-18(11-4-14(19)2)30(27,28)23-17-9-10-17/h4-8,11,13,17,22-23H,3,9-10,12H2,1-2H3,(H,21,24). The van der Waals surface area contributed by atoms with E-state index >= 15 is 0 Å². The first-order chi connectivity index (χ1) is 14.1. The van der Waals surface area contributed by atoms with Crippen molar-refractivity contribution in [1.82, 2.24) is 4.72 Å². The molecule has 2 aromatic carbocycles. The molecule has 0 spiro atoms. The van der Waals surface area contributed by atoms with Crippen LogP contribution in [-0.4, -0.2) is 34.5 Å². The fourth-order valence-corrected chi connectivity index (χ4v) is 5.29. The Bertz CT molecular complexity index is 1140. The highest BCUT2D eigenvalue weighted by molar-refractivity contribution is 7.92. The van der Waals surface area contributed by atoms with Crippen molar-refractivity contribution in [2.45, 2.75) is 44.0 Å². The van der Waals surface area contributed by atoms with Gasteiger partial charge in [0.05, 0.1) is 10.6 Å². The van der Waals surface area contributed by atoms with Gasteiger partial charge >= 0.3 is 0 Å². The van der Waals surface area contributed by atoms with E-state index in [9.17, 15) is 21.6 Å². The summed E-state index contributed by atoms with van der Waals surface area (Å²) in [5.74, 6) is -0.421. The normalized spacial score (nSPS) is 14.3. The minimum atomic E-state index is -3.67. The highest BCUT2D eigenvalue weighted by Gasteiger charge is 2.28. The minimum absolute atomic E-state index is 0.0261. The van der Waals surface area contributed by atoms with Gasteiger partial charge in [-0.2, -0.15) is 0 Å². The molecule has 2 aromatic rings. The molecule has 30 heavy (non-hydrogen) atoms. The summed E-state index contributed by atoms with van der Waals surface area (Å²) in [6.45, 7) is 3.51. The van der Waals surface area contributed by atoms with E-state index < -0.39 is 26.0 Å². The van der Waals surface area contributed by atoms with Gasteiger partial charge in [0.15, 0.2) is 0 Å². The number of carbonyl (C=O) groups excluding carboxylic acids is 1. The molecule has 0 aromatic heterocycles. The van der Waals surface area contributed by atoms with Crippen LogP contribution in [0.25, 0.3) is 0 Å². The third-order valence-corrected chi connectivity index (χ3v) is 7.56. The van der Waals surface area contributed by atoms with Crippen molar-refractivity contribution >= 4 is 37.3 Å². The van der Waals surface area contributed by atoms with E-state index in [1.165, 1.54) is 12.1 Å². The van der Waals surface area contributed by atoms with Crippen molar-refractivity contribution < 1.29 is 21.6 Å². The Morgan fingerprint density at radius 1 is 1.00 bits per heavy atom. The Hall–Kier alpha value is -2.43. The third kappa shape index (κ3) is 5.80. The van der Waals surface area contributed by atoms with Crippen LogP contribution in [0, 0.1) is 6.92 Å². The van der Waals surface area contributed by atoms with Crippen LogP contribution in [-0.2, 0) is 20.0 Å². The van der Waals surface area contributed by atoms with Gasteiger partial charge in [-0.25, -0.2) is 21.6 Å². The van der Waals surface area contributed by atoms with Gasteiger partial charge in [0.1, 0.15) is 0 Å². The largest absolute Gasteiger partial charge is 0.322 e. The lowest BCUT2D eigenvalue weighted by Crippen LogP contribution is -2.26. The third-order valence-electron chi connectivity index (χ3n) is 4.55. The number of aryl methyl sites for hydroxylation is 1. The van der Waals surface area contributed by atoms with Crippen LogP contribution in [0.15, 0.2) is 47.4 Å². The highest BCUT2D eigenvalue weighted by atomic mass is 32.2. The SMILES string of the molecule is CCCS(=O)(=O)Nc1ccc(NC(=O)c2cc(S(=O)(=O)NC3CC3)ccc2C)cc1. The second-order valence-electron chi connectivity index (χ2n) is 7.32. The Morgan fingerprint density at radius 2 is 1.63 bits per heavy atom. The molecule has 0 saturated heterocycles. The molecule has 1 amide bonds. The van der Waals surface area contributed by atoms with Gasteiger partial charge in [0.2, 0.25) is 20.0 Å². The molecule has 0 unspecified atom stereocenters. The number of anilines is 2. The van der Waals surface area contributed by atoms with E-state index in [1.54, 1.807) is 44.2 Å². The van der Waals surface area contributed by atoms with Crippen LogP contribution in [0.3, 0.4) is 0 Å². The van der Waals surface area contributed by atoms with Gasteiger partial charge in [0.25, 0.3) is 5.91 Å². The second-order valence-corrected chi connectivity index (χ2v) is 10.9.